The van der Waals surface area contributed by atoms with Gasteiger partial charge in [0, 0.05) is 95.5 Å². The van der Waals surface area contributed by atoms with E-state index in [-0.39, 0.29) is 18.3 Å². The molecule has 45 heavy (non-hydrogen) atoms. The molecule has 12 heteroatoms. The van der Waals surface area contributed by atoms with E-state index >= 15 is 0 Å². The number of nitriles is 1. The summed E-state index contributed by atoms with van der Waals surface area (Å²) >= 11 is 0. The smallest absolute Gasteiger partial charge is 0.410 e. The van der Waals surface area contributed by atoms with Gasteiger partial charge in [0.25, 0.3) is 0 Å². The van der Waals surface area contributed by atoms with Gasteiger partial charge in [0.2, 0.25) is 5.95 Å². The molecule has 2 aromatic heterocycles. The second-order valence-corrected chi connectivity index (χ2v) is 13.1. The molecule has 1 amide bonds. The number of rotatable bonds is 5. The summed E-state index contributed by atoms with van der Waals surface area (Å²) in [5.41, 5.74) is 1.95. The van der Waals surface area contributed by atoms with Crippen molar-refractivity contribution in [3.63, 3.8) is 0 Å². The predicted octanol–water partition coefficient (Wildman–Crippen LogP) is 3.37. The van der Waals surface area contributed by atoms with Gasteiger partial charge in [-0.3, -0.25) is 9.88 Å². The fourth-order valence-corrected chi connectivity index (χ4v) is 6.40. The zero-order valence-electron chi connectivity index (χ0n) is 26.7. The highest BCUT2D eigenvalue weighted by molar-refractivity contribution is 5.95. The lowest BCUT2D eigenvalue weighted by atomic mass is 10.1. The number of ether oxygens (including phenoxy) is 2. The number of morpholine rings is 1. The number of amides is 1. The lowest BCUT2D eigenvalue weighted by Gasteiger charge is -2.42. The van der Waals surface area contributed by atoms with E-state index < -0.39 is 5.60 Å². The summed E-state index contributed by atoms with van der Waals surface area (Å²) in [7, 11) is 0. The van der Waals surface area contributed by atoms with E-state index in [4.69, 9.17) is 14.5 Å². The maximum absolute atomic E-state index is 12.5. The molecule has 0 radical (unpaired) electrons. The Hall–Kier alpha value is -4.21. The van der Waals surface area contributed by atoms with Crippen LogP contribution in [0.4, 0.5) is 22.2 Å². The quantitative estimate of drug-likeness (QED) is 0.422. The molecule has 3 aromatic rings. The molecular formula is C33H43N9O3. The molecular weight excluding hydrogens is 570 g/mol. The Balaban J connectivity index is 1.03. The van der Waals surface area contributed by atoms with Crippen LogP contribution in [-0.2, 0) is 9.47 Å². The van der Waals surface area contributed by atoms with Gasteiger partial charge in [-0.15, -0.1) is 0 Å². The second kappa shape index (κ2) is 13.0. The van der Waals surface area contributed by atoms with Crippen molar-refractivity contribution < 1.29 is 14.3 Å². The third-order valence-electron chi connectivity index (χ3n) is 8.53. The summed E-state index contributed by atoms with van der Waals surface area (Å²) < 4.78 is 11.9. The van der Waals surface area contributed by atoms with Crippen molar-refractivity contribution in [3.8, 4) is 6.07 Å². The molecule has 3 saturated heterocycles. The number of nitrogens with zero attached hydrogens (tertiary/aromatic N) is 9. The fraction of sp³-hybridized carbons (Fsp3) is 0.545. The van der Waals surface area contributed by atoms with Gasteiger partial charge < -0.3 is 29.1 Å². The van der Waals surface area contributed by atoms with E-state index in [1.807, 2.05) is 51.2 Å². The van der Waals surface area contributed by atoms with Crippen LogP contribution >= 0.6 is 0 Å². The van der Waals surface area contributed by atoms with Crippen molar-refractivity contribution in [2.45, 2.75) is 45.5 Å². The van der Waals surface area contributed by atoms with Gasteiger partial charge in [0.1, 0.15) is 17.5 Å². The van der Waals surface area contributed by atoms with E-state index in [1.54, 1.807) is 11.1 Å². The highest BCUT2D eigenvalue weighted by Gasteiger charge is 2.30. The monoisotopic (exact) mass is 613 g/mol. The summed E-state index contributed by atoms with van der Waals surface area (Å²) in [6, 6.07) is 12.2. The van der Waals surface area contributed by atoms with Crippen molar-refractivity contribution >= 4 is 34.4 Å². The van der Waals surface area contributed by atoms with E-state index in [0.717, 1.165) is 68.2 Å². The molecule has 5 heterocycles. The third kappa shape index (κ3) is 7.21. The van der Waals surface area contributed by atoms with Gasteiger partial charge in [0.15, 0.2) is 0 Å². The molecule has 0 aliphatic carbocycles. The molecule has 0 N–H and O–H groups in total. The molecule has 1 aromatic carbocycles. The van der Waals surface area contributed by atoms with Crippen molar-refractivity contribution in [1.82, 2.24) is 24.8 Å². The molecule has 3 aliphatic rings. The van der Waals surface area contributed by atoms with E-state index in [9.17, 15) is 10.1 Å². The lowest BCUT2D eigenvalue weighted by Crippen LogP contribution is -2.54. The molecule has 0 spiro atoms. The first-order chi connectivity index (χ1) is 21.7. The first-order valence-corrected chi connectivity index (χ1v) is 15.9. The average molecular weight is 614 g/mol. The molecule has 0 saturated carbocycles. The third-order valence-corrected chi connectivity index (χ3v) is 8.53. The summed E-state index contributed by atoms with van der Waals surface area (Å²) in [6.45, 7) is 16.3. The Bertz CT molecular complexity index is 1540. The first kappa shape index (κ1) is 30.8. The maximum atomic E-state index is 12.5. The summed E-state index contributed by atoms with van der Waals surface area (Å²) in [5, 5.41) is 10.6. The van der Waals surface area contributed by atoms with E-state index in [2.05, 4.69) is 48.6 Å². The number of carbonyl (C=O) groups is 1. The number of carbonyl (C=O) groups excluding carboxylic acids is 1. The summed E-state index contributed by atoms with van der Waals surface area (Å²) in [5.74, 6) is 1.64. The number of hydrogen-bond acceptors (Lipinski definition) is 11. The molecule has 0 bridgehead atoms. The molecule has 238 valence electrons. The first-order valence-electron chi connectivity index (χ1n) is 15.9. The van der Waals surface area contributed by atoms with Crippen LogP contribution in [0.2, 0.25) is 0 Å². The zero-order valence-corrected chi connectivity index (χ0v) is 26.7. The number of pyridine rings is 1. The van der Waals surface area contributed by atoms with Crippen molar-refractivity contribution in [2.24, 2.45) is 0 Å². The van der Waals surface area contributed by atoms with Crippen LogP contribution in [0.25, 0.3) is 10.9 Å². The number of hydrogen-bond donors (Lipinski definition) is 0. The second-order valence-electron chi connectivity index (χ2n) is 13.1. The van der Waals surface area contributed by atoms with Crippen molar-refractivity contribution in [3.05, 3.63) is 48.3 Å². The lowest BCUT2D eigenvalue weighted by molar-refractivity contribution is -0.0327. The Morgan fingerprint density at radius 1 is 0.956 bits per heavy atom. The molecule has 3 fully saturated rings. The van der Waals surface area contributed by atoms with Crippen LogP contribution < -0.4 is 14.7 Å². The van der Waals surface area contributed by atoms with Crippen LogP contribution in [0.5, 0.6) is 0 Å². The van der Waals surface area contributed by atoms with Gasteiger partial charge in [-0.1, -0.05) is 0 Å². The number of anilines is 3. The average Bonchev–Trinajstić information content (AvgIpc) is 3.03. The van der Waals surface area contributed by atoms with Gasteiger partial charge in [0.05, 0.1) is 23.3 Å². The Kier molecular flexibility index (Phi) is 8.92. The van der Waals surface area contributed by atoms with Crippen LogP contribution in [0.3, 0.4) is 0 Å². The number of fused-ring (bicyclic) bond motifs is 1. The SMILES string of the molecule is C[C@@H]1CN(c2ccc(C#N)c3ncccc23)C[C@H](CN2CCN(c3ccnc(N4CCN(C(=O)OC(C)(C)C)CC4)n3)CC2)O1. The maximum Gasteiger partial charge on any atom is 0.410 e. The van der Waals surface area contributed by atoms with E-state index in [0.29, 0.717) is 37.7 Å². The number of piperazine rings is 2. The highest BCUT2D eigenvalue weighted by Crippen LogP contribution is 2.30. The minimum absolute atomic E-state index is 0.0765. The Morgan fingerprint density at radius 3 is 2.44 bits per heavy atom. The summed E-state index contributed by atoms with van der Waals surface area (Å²) in [6.07, 6.45) is 3.48. The largest absolute Gasteiger partial charge is 0.444 e. The minimum Gasteiger partial charge on any atom is -0.444 e. The van der Waals surface area contributed by atoms with Crippen molar-refractivity contribution in [1.29, 1.82) is 5.26 Å². The highest BCUT2D eigenvalue weighted by atomic mass is 16.6. The normalized spacial score (nSPS) is 21.6. The Morgan fingerprint density at radius 2 is 1.71 bits per heavy atom. The Labute approximate surface area is 265 Å². The molecule has 3 aliphatic heterocycles. The van der Waals surface area contributed by atoms with Crippen LogP contribution in [0.1, 0.15) is 33.3 Å². The van der Waals surface area contributed by atoms with Gasteiger partial charge in [-0.05, 0) is 58.0 Å². The minimum atomic E-state index is -0.503. The van der Waals surface area contributed by atoms with E-state index in [1.165, 1.54) is 0 Å². The van der Waals surface area contributed by atoms with Crippen LogP contribution in [0.15, 0.2) is 42.7 Å². The van der Waals surface area contributed by atoms with Crippen LogP contribution in [0, 0.1) is 11.3 Å². The molecule has 12 nitrogen and oxygen atoms in total. The fourth-order valence-electron chi connectivity index (χ4n) is 6.40. The summed E-state index contributed by atoms with van der Waals surface area (Å²) in [4.78, 5) is 37.5. The van der Waals surface area contributed by atoms with Gasteiger partial charge >= 0.3 is 6.09 Å². The molecule has 0 unspecified atom stereocenters. The molecule has 6 rings (SSSR count). The zero-order chi connectivity index (χ0) is 31.6. The standard InChI is InChI=1S/C33H43N9O3/c1-24-21-42(28-8-7-25(20-34)30-27(28)6-5-10-35-30)23-26(44-24)22-38-12-14-39(15-13-38)29-9-11-36-31(37-29)40-16-18-41(19-17-40)32(43)45-33(2,3)4/h5-11,24,26H,12-19,21-23H2,1-4H3/t24-,26+/m1/s1. The topological polar surface area (TPSA) is 114 Å². The van der Waals surface area contributed by atoms with Crippen molar-refractivity contribution in [2.75, 3.05) is 86.7 Å². The molecule has 2 atom stereocenters. The number of benzene rings is 1. The van der Waals surface area contributed by atoms with Crippen LogP contribution in [-0.4, -0.2) is 121 Å². The van der Waals surface area contributed by atoms with Gasteiger partial charge in [-0.25, -0.2) is 9.78 Å². The van der Waals surface area contributed by atoms with Gasteiger partial charge in [-0.2, -0.15) is 10.2 Å². The predicted molar refractivity (Wildman–Crippen MR) is 174 cm³/mol. The number of aromatic nitrogens is 3.